The average Bonchev–Trinajstić information content (AvgIpc) is 2.46. The molecular formula is C17H26O4. The van der Waals surface area contributed by atoms with Crippen LogP contribution in [0.2, 0.25) is 0 Å². The van der Waals surface area contributed by atoms with Gasteiger partial charge < -0.3 is 9.84 Å². The molecule has 0 rings (SSSR count). The third-order valence-electron chi connectivity index (χ3n) is 2.99. The van der Waals surface area contributed by atoms with Crippen molar-refractivity contribution in [1.82, 2.24) is 0 Å². The summed E-state index contributed by atoms with van der Waals surface area (Å²) < 4.78 is 5.18. The molecule has 0 aliphatic rings. The van der Waals surface area contributed by atoms with E-state index in [4.69, 9.17) is 9.84 Å². The summed E-state index contributed by atoms with van der Waals surface area (Å²) in [5.74, 6) is -0.934. The maximum absolute atomic E-state index is 11.5. The van der Waals surface area contributed by atoms with Crippen LogP contribution in [0.1, 0.15) is 51.9 Å². The van der Waals surface area contributed by atoms with Gasteiger partial charge in [0.2, 0.25) is 0 Å². The van der Waals surface area contributed by atoms with E-state index in [0.29, 0.717) is 12.8 Å². The lowest BCUT2D eigenvalue weighted by molar-refractivity contribution is -0.142. The van der Waals surface area contributed by atoms with Crippen LogP contribution in [-0.2, 0) is 14.3 Å². The summed E-state index contributed by atoms with van der Waals surface area (Å²) in [6.07, 6.45) is 12.2. The summed E-state index contributed by atoms with van der Waals surface area (Å²) in [6, 6.07) is 0. The minimum absolute atomic E-state index is 0.188. The second-order valence-electron chi connectivity index (χ2n) is 4.78. The molecule has 0 radical (unpaired) electrons. The number of carbonyl (C=O) groups excluding carboxylic acids is 1. The molecule has 0 spiro atoms. The van der Waals surface area contributed by atoms with Crippen molar-refractivity contribution >= 4 is 11.9 Å². The van der Waals surface area contributed by atoms with Gasteiger partial charge in [-0.15, -0.1) is 0 Å². The standard InChI is InChI=1S/C17H26O4/c1-3-5-11-15(4-2)14-21-17(20)13-10-8-6-7-9-12-16(18)19/h3-5,11H,1,6-10,12-14H2,2H3,(H,18,19)/b11-5-,15-4+. The highest BCUT2D eigenvalue weighted by Gasteiger charge is 2.03. The normalized spacial score (nSPS) is 11.6. The Morgan fingerprint density at radius 1 is 1.10 bits per heavy atom. The van der Waals surface area contributed by atoms with E-state index in [-0.39, 0.29) is 19.0 Å². The molecule has 21 heavy (non-hydrogen) atoms. The zero-order valence-electron chi connectivity index (χ0n) is 12.8. The van der Waals surface area contributed by atoms with Crippen molar-refractivity contribution in [2.75, 3.05) is 6.61 Å². The summed E-state index contributed by atoms with van der Waals surface area (Å²) in [4.78, 5) is 21.9. The molecule has 4 heteroatoms. The number of hydrogen-bond acceptors (Lipinski definition) is 3. The molecule has 1 N–H and O–H groups in total. The molecule has 0 aliphatic carbocycles. The molecule has 118 valence electrons. The Morgan fingerprint density at radius 3 is 2.29 bits per heavy atom. The SMILES string of the molecule is C=C/C=C\C(=C/C)COC(=O)CCCCCCCC(=O)O. The fraction of sp³-hybridized carbons (Fsp3) is 0.529. The van der Waals surface area contributed by atoms with Crippen molar-refractivity contribution in [3.8, 4) is 0 Å². The first-order chi connectivity index (χ1) is 10.1. The molecule has 0 aromatic carbocycles. The molecule has 0 saturated carbocycles. The van der Waals surface area contributed by atoms with E-state index in [1.54, 1.807) is 12.2 Å². The molecule has 0 amide bonds. The van der Waals surface area contributed by atoms with Crippen LogP contribution in [0.25, 0.3) is 0 Å². The van der Waals surface area contributed by atoms with E-state index < -0.39 is 5.97 Å². The first-order valence-corrected chi connectivity index (χ1v) is 7.41. The van der Waals surface area contributed by atoms with Crippen molar-refractivity contribution in [3.63, 3.8) is 0 Å². The minimum Gasteiger partial charge on any atom is -0.481 e. The lowest BCUT2D eigenvalue weighted by Crippen LogP contribution is -2.06. The fourth-order valence-corrected chi connectivity index (χ4v) is 1.73. The number of unbranched alkanes of at least 4 members (excludes halogenated alkanes) is 4. The number of ether oxygens (including phenoxy) is 1. The second kappa shape index (κ2) is 13.2. The van der Waals surface area contributed by atoms with Gasteiger partial charge in [0.1, 0.15) is 6.61 Å². The number of aliphatic carboxylic acids is 1. The fourth-order valence-electron chi connectivity index (χ4n) is 1.73. The van der Waals surface area contributed by atoms with Gasteiger partial charge in [0.05, 0.1) is 0 Å². The van der Waals surface area contributed by atoms with Gasteiger partial charge in [-0.2, -0.15) is 0 Å². The first-order valence-electron chi connectivity index (χ1n) is 7.41. The monoisotopic (exact) mass is 294 g/mol. The highest BCUT2D eigenvalue weighted by molar-refractivity contribution is 5.69. The van der Waals surface area contributed by atoms with Crippen LogP contribution in [0.15, 0.2) is 36.5 Å². The maximum Gasteiger partial charge on any atom is 0.306 e. The Kier molecular flexibility index (Phi) is 12.0. The van der Waals surface area contributed by atoms with E-state index in [0.717, 1.165) is 31.3 Å². The maximum atomic E-state index is 11.5. The molecule has 0 saturated heterocycles. The summed E-state index contributed by atoms with van der Waals surface area (Å²) in [5.41, 5.74) is 0.942. The Hall–Kier alpha value is -1.84. The van der Waals surface area contributed by atoms with Gasteiger partial charge in [0, 0.05) is 12.8 Å². The van der Waals surface area contributed by atoms with Crippen LogP contribution in [-0.4, -0.2) is 23.7 Å². The Balaban J connectivity index is 3.60. The van der Waals surface area contributed by atoms with E-state index in [1.165, 1.54) is 0 Å². The molecule has 0 aliphatic heterocycles. The number of allylic oxidation sites excluding steroid dienone is 3. The van der Waals surface area contributed by atoms with Gasteiger partial charge in [-0.05, 0) is 25.3 Å². The quantitative estimate of drug-likeness (QED) is 0.335. The van der Waals surface area contributed by atoms with E-state index in [2.05, 4.69) is 6.58 Å². The largest absolute Gasteiger partial charge is 0.481 e. The number of carboxylic acid groups (broad SMARTS) is 1. The van der Waals surface area contributed by atoms with Crippen LogP contribution in [0.4, 0.5) is 0 Å². The van der Waals surface area contributed by atoms with Crippen LogP contribution in [0, 0.1) is 0 Å². The van der Waals surface area contributed by atoms with Crippen molar-refractivity contribution in [2.45, 2.75) is 51.9 Å². The number of hydrogen-bond donors (Lipinski definition) is 1. The highest BCUT2D eigenvalue weighted by Crippen LogP contribution is 2.08. The van der Waals surface area contributed by atoms with E-state index >= 15 is 0 Å². The first kappa shape index (κ1) is 19.2. The molecule has 0 fully saturated rings. The van der Waals surface area contributed by atoms with Crippen molar-refractivity contribution in [2.24, 2.45) is 0 Å². The Morgan fingerprint density at radius 2 is 1.71 bits per heavy atom. The van der Waals surface area contributed by atoms with Crippen molar-refractivity contribution in [1.29, 1.82) is 0 Å². The smallest absolute Gasteiger partial charge is 0.306 e. The molecule has 0 heterocycles. The third kappa shape index (κ3) is 12.9. The lowest BCUT2D eigenvalue weighted by Gasteiger charge is -2.05. The molecular weight excluding hydrogens is 268 g/mol. The van der Waals surface area contributed by atoms with Crippen LogP contribution >= 0.6 is 0 Å². The number of carbonyl (C=O) groups is 2. The molecule has 0 atom stereocenters. The van der Waals surface area contributed by atoms with E-state index in [9.17, 15) is 9.59 Å². The third-order valence-corrected chi connectivity index (χ3v) is 2.99. The van der Waals surface area contributed by atoms with Gasteiger partial charge in [-0.3, -0.25) is 9.59 Å². The summed E-state index contributed by atoms with van der Waals surface area (Å²) in [6.45, 7) is 5.78. The Bertz CT molecular complexity index is 380. The van der Waals surface area contributed by atoms with Crippen LogP contribution in [0.5, 0.6) is 0 Å². The summed E-state index contributed by atoms with van der Waals surface area (Å²) in [7, 11) is 0. The summed E-state index contributed by atoms with van der Waals surface area (Å²) >= 11 is 0. The van der Waals surface area contributed by atoms with Crippen LogP contribution < -0.4 is 0 Å². The van der Waals surface area contributed by atoms with Crippen molar-refractivity contribution in [3.05, 3.63) is 36.5 Å². The zero-order chi connectivity index (χ0) is 15.9. The van der Waals surface area contributed by atoms with Crippen molar-refractivity contribution < 1.29 is 19.4 Å². The number of rotatable bonds is 12. The van der Waals surface area contributed by atoms with Crippen LogP contribution in [0.3, 0.4) is 0 Å². The van der Waals surface area contributed by atoms with Gasteiger partial charge in [-0.1, -0.05) is 50.1 Å². The molecule has 0 bridgehead atoms. The van der Waals surface area contributed by atoms with Gasteiger partial charge >= 0.3 is 11.9 Å². The number of esters is 1. The van der Waals surface area contributed by atoms with Gasteiger partial charge in [0.15, 0.2) is 0 Å². The van der Waals surface area contributed by atoms with Gasteiger partial charge in [-0.25, -0.2) is 0 Å². The topological polar surface area (TPSA) is 63.6 Å². The minimum atomic E-state index is -0.746. The van der Waals surface area contributed by atoms with E-state index in [1.807, 2.05) is 19.1 Å². The Labute approximate surface area is 127 Å². The highest BCUT2D eigenvalue weighted by atomic mass is 16.5. The average molecular weight is 294 g/mol. The second-order valence-corrected chi connectivity index (χ2v) is 4.78. The molecule has 0 aromatic heterocycles. The molecule has 0 unspecified atom stereocenters. The molecule has 0 aromatic rings. The van der Waals surface area contributed by atoms with Gasteiger partial charge in [0.25, 0.3) is 0 Å². The lowest BCUT2D eigenvalue weighted by atomic mass is 10.1. The predicted octanol–water partition coefficient (Wildman–Crippen LogP) is 4.03. The molecule has 4 nitrogen and oxygen atoms in total. The summed E-state index contributed by atoms with van der Waals surface area (Å²) in [5, 5.41) is 8.49. The zero-order valence-corrected chi connectivity index (χ0v) is 12.8. The number of carboxylic acids is 1. The predicted molar refractivity (Wildman–Crippen MR) is 84.0 cm³/mol.